The Bertz CT molecular complexity index is 1590. The molecule has 0 N–H and O–H groups in total. The van der Waals surface area contributed by atoms with Gasteiger partial charge in [0, 0.05) is 29.3 Å². The van der Waals surface area contributed by atoms with Gasteiger partial charge in [0.1, 0.15) is 5.75 Å². The summed E-state index contributed by atoms with van der Waals surface area (Å²) >= 11 is 0.516. The molecule has 15 heteroatoms. The van der Waals surface area contributed by atoms with Crippen molar-refractivity contribution in [1.29, 1.82) is 0 Å². The van der Waals surface area contributed by atoms with Crippen LogP contribution in [0, 0.1) is 20.2 Å². The van der Waals surface area contributed by atoms with Crippen LogP contribution in [0.25, 0.3) is 6.08 Å². The first-order chi connectivity index (χ1) is 18.8. The molecule has 0 atom stereocenters. The lowest BCUT2D eigenvalue weighted by Crippen LogP contribution is -2.33. The minimum Gasteiger partial charge on any atom is -0.449 e. The number of imide groups is 1. The highest BCUT2D eigenvalue weighted by molar-refractivity contribution is 8.18. The molecule has 1 fully saturated rings. The Balaban J connectivity index is 1.57. The molecule has 0 saturated carbocycles. The Labute approximate surface area is 226 Å². The van der Waals surface area contributed by atoms with Crippen LogP contribution < -0.4 is 4.74 Å². The van der Waals surface area contributed by atoms with Gasteiger partial charge in [0.2, 0.25) is 5.75 Å². The number of nitrogens with zero attached hydrogens (tertiary/aromatic N) is 3. The van der Waals surface area contributed by atoms with Crippen molar-refractivity contribution in [3.05, 3.63) is 109 Å². The molecule has 0 aromatic heterocycles. The number of rotatable bonds is 8. The predicted octanol–water partition coefficient (Wildman–Crippen LogP) is 6.23. The number of carbonyl (C=O) groups excluding carboxylic acids is 3. The van der Waals surface area contributed by atoms with Crippen LogP contribution in [-0.2, 0) is 11.0 Å². The van der Waals surface area contributed by atoms with E-state index >= 15 is 0 Å². The van der Waals surface area contributed by atoms with Gasteiger partial charge < -0.3 is 4.74 Å². The average Bonchev–Trinajstić information content (AvgIpc) is 3.16. The fourth-order valence-electron chi connectivity index (χ4n) is 3.52. The lowest BCUT2D eigenvalue weighted by Gasteiger charge is -2.12. The highest BCUT2D eigenvalue weighted by Crippen LogP contribution is 2.40. The maximum atomic E-state index is 13.0. The fourth-order valence-corrected chi connectivity index (χ4v) is 4.34. The molecule has 11 nitrogen and oxygen atoms in total. The Morgan fingerprint density at radius 2 is 1.62 bits per heavy atom. The second-order valence-electron chi connectivity index (χ2n) is 8.07. The van der Waals surface area contributed by atoms with Gasteiger partial charge in [-0.25, -0.2) is 0 Å². The second kappa shape index (κ2) is 11.0. The summed E-state index contributed by atoms with van der Waals surface area (Å²) in [5.74, 6) is -2.00. The number of hydrogen-bond donors (Lipinski definition) is 0. The molecule has 40 heavy (non-hydrogen) atoms. The van der Waals surface area contributed by atoms with Gasteiger partial charge in [0.25, 0.3) is 16.8 Å². The molecule has 1 heterocycles. The Hall–Kier alpha value is -5.05. The molecule has 0 spiro atoms. The van der Waals surface area contributed by atoms with Crippen LogP contribution in [0.4, 0.5) is 29.3 Å². The number of ether oxygens (including phenoxy) is 1. The SMILES string of the molecule is O=C(CN1C(=O)S/C(=C/c2ccccc2Oc2ccc(C(F)(F)F)cc2[N+](=O)[O-])C1=O)c1ccc([N+](=O)[O-])cc1. The molecule has 0 unspecified atom stereocenters. The topological polar surface area (TPSA) is 150 Å². The van der Waals surface area contributed by atoms with E-state index in [0.717, 1.165) is 18.2 Å². The number of carbonyl (C=O) groups is 3. The smallest absolute Gasteiger partial charge is 0.416 e. The monoisotopic (exact) mass is 573 g/mol. The van der Waals surface area contributed by atoms with Crippen LogP contribution in [0.5, 0.6) is 11.5 Å². The van der Waals surface area contributed by atoms with Crippen molar-refractivity contribution in [2.45, 2.75) is 6.18 Å². The van der Waals surface area contributed by atoms with Crippen LogP contribution >= 0.6 is 11.8 Å². The van der Waals surface area contributed by atoms with Crippen LogP contribution in [0.1, 0.15) is 21.5 Å². The van der Waals surface area contributed by atoms with E-state index in [9.17, 15) is 47.8 Å². The molecule has 4 rings (SSSR count). The van der Waals surface area contributed by atoms with E-state index in [1.807, 2.05) is 0 Å². The molecule has 204 valence electrons. The first-order valence-corrected chi connectivity index (χ1v) is 11.8. The van der Waals surface area contributed by atoms with Gasteiger partial charge in [-0.15, -0.1) is 0 Å². The molecule has 1 aliphatic heterocycles. The van der Waals surface area contributed by atoms with E-state index in [0.29, 0.717) is 28.8 Å². The number of Topliss-reactive ketones (excluding diaryl/α,β-unsaturated/α-hetero) is 1. The Morgan fingerprint density at radius 3 is 2.25 bits per heavy atom. The summed E-state index contributed by atoms with van der Waals surface area (Å²) in [6.07, 6.45) is -3.57. The Kier molecular flexibility index (Phi) is 7.68. The zero-order valence-corrected chi connectivity index (χ0v) is 20.6. The maximum Gasteiger partial charge on any atom is 0.416 e. The summed E-state index contributed by atoms with van der Waals surface area (Å²) in [5.41, 5.74) is -2.20. The third kappa shape index (κ3) is 5.99. The van der Waals surface area contributed by atoms with Gasteiger partial charge >= 0.3 is 11.9 Å². The maximum absolute atomic E-state index is 13.0. The number of benzene rings is 3. The van der Waals surface area contributed by atoms with Gasteiger partial charge in [-0.3, -0.25) is 39.5 Å². The van der Waals surface area contributed by atoms with Crippen molar-refractivity contribution >= 4 is 46.1 Å². The van der Waals surface area contributed by atoms with Gasteiger partial charge in [-0.05, 0) is 48.2 Å². The van der Waals surface area contributed by atoms with Crippen molar-refractivity contribution in [3.8, 4) is 11.5 Å². The third-order valence-electron chi connectivity index (χ3n) is 5.48. The molecule has 0 aliphatic carbocycles. The minimum absolute atomic E-state index is 0.0468. The van der Waals surface area contributed by atoms with Crippen molar-refractivity contribution in [3.63, 3.8) is 0 Å². The van der Waals surface area contributed by atoms with E-state index in [-0.39, 0.29) is 27.5 Å². The molecule has 2 amide bonds. The van der Waals surface area contributed by atoms with Crippen molar-refractivity contribution in [2.24, 2.45) is 0 Å². The zero-order valence-electron chi connectivity index (χ0n) is 19.8. The summed E-state index contributed by atoms with van der Waals surface area (Å²) in [6.45, 7) is -0.629. The zero-order chi connectivity index (χ0) is 29.2. The van der Waals surface area contributed by atoms with Gasteiger partial charge in [-0.1, -0.05) is 18.2 Å². The predicted molar refractivity (Wildman–Crippen MR) is 135 cm³/mol. The highest BCUT2D eigenvalue weighted by Gasteiger charge is 2.37. The molecule has 0 bridgehead atoms. The summed E-state index contributed by atoms with van der Waals surface area (Å²) < 4.78 is 44.6. The molecule has 3 aromatic rings. The van der Waals surface area contributed by atoms with Crippen LogP contribution in [0.15, 0.2) is 71.6 Å². The van der Waals surface area contributed by atoms with Gasteiger partial charge in [0.05, 0.1) is 26.9 Å². The van der Waals surface area contributed by atoms with E-state index in [4.69, 9.17) is 4.74 Å². The van der Waals surface area contributed by atoms with Gasteiger partial charge in [-0.2, -0.15) is 13.2 Å². The van der Waals surface area contributed by atoms with Crippen molar-refractivity contribution in [1.82, 2.24) is 4.90 Å². The fraction of sp³-hybridized carbons (Fsp3) is 0.0800. The minimum atomic E-state index is -4.82. The number of alkyl halides is 3. The number of nitro benzene ring substituents is 2. The van der Waals surface area contributed by atoms with Crippen LogP contribution in [0.2, 0.25) is 0 Å². The van der Waals surface area contributed by atoms with Crippen molar-refractivity contribution in [2.75, 3.05) is 6.54 Å². The molecular formula is C25H14F3N3O8S. The normalized spacial score (nSPS) is 14.5. The average molecular weight is 573 g/mol. The number of thioether (sulfide) groups is 1. The number of ketones is 1. The number of amides is 2. The van der Waals surface area contributed by atoms with Crippen molar-refractivity contribution < 1.29 is 42.1 Å². The summed E-state index contributed by atoms with van der Waals surface area (Å²) in [5, 5.41) is 21.4. The number of halogens is 3. The van der Waals surface area contributed by atoms with Crippen LogP contribution in [0.3, 0.4) is 0 Å². The lowest BCUT2D eigenvalue weighted by molar-refractivity contribution is -0.385. The summed E-state index contributed by atoms with van der Waals surface area (Å²) in [4.78, 5) is 59.1. The van der Waals surface area contributed by atoms with E-state index in [1.54, 1.807) is 0 Å². The molecule has 0 radical (unpaired) electrons. The molecule has 3 aromatic carbocycles. The number of non-ortho nitro benzene ring substituents is 1. The van der Waals surface area contributed by atoms with E-state index in [1.165, 1.54) is 42.5 Å². The third-order valence-corrected chi connectivity index (χ3v) is 6.39. The van der Waals surface area contributed by atoms with E-state index in [2.05, 4.69) is 0 Å². The largest absolute Gasteiger partial charge is 0.449 e. The first kappa shape index (κ1) is 28.0. The quantitative estimate of drug-likeness (QED) is 0.132. The lowest BCUT2D eigenvalue weighted by atomic mass is 10.1. The Morgan fingerprint density at radius 1 is 0.950 bits per heavy atom. The van der Waals surface area contributed by atoms with E-state index < -0.39 is 56.5 Å². The highest BCUT2D eigenvalue weighted by atomic mass is 32.2. The van der Waals surface area contributed by atoms with Gasteiger partial charge in [0.15, 0.2) is 5.78 Å². The standard InChI is InChI=1S/C25H14F3N3O8S/c26-25(27,28)16-7-10-21(18(12-16)31(37)38)39-20-4-2-1-3-15(20)11-22-23(33)29(24(34)40-22)13-19(32)14-5-8-17(9-6-14)30(35)36/h1-12H,13H2/b22-11+. The second-order valence-corrected chi connectivity index (χ2v) is 9.07. The molecular weight excluding hydrogens is 559 g/mol. The summed E-state index contributed by atoms with van der Waals surface area (Å²) in [6, 6.07) is 12.2. The number of para-hydroxylation sites is 1. The molecule has 1 aliphatic rings. The molecule has 1 saturated heterocycles. The summed E-state index contributed by atoms with van der Waals surface area (Å²) in [7, 11) is 0. The number of hydrogen-bond acceptors (Lipinski definition) is 9. The van der Waals surface area contributed by atoms with Crippen LogP contribution in [-0.4, -0.2) is 38.2 Å². The first-order valence-electron chi connectivity index (χ1n) is 11.0. The number of nitro groups is 2.